The van der Waals surface area contributed by atoms with Crippen LogP contribution in [0.3, 0.4) is 0 Å². The van der Waals surface area contributed by atoms with Crippen LogP contribution in [-0.2, 0) is 21.2 Å². The second-order valence-corrected chi connectivity index (χ2v) is 8.76. The topological polar surface area (TPSA) is 78.8 Å². The van der Waals surface area contributed by atoms with Crippen LogP contribution in [0, 0.1) is 6.92 Å². The van der Waals surface area contributed by atoms with E-state index in [1.54, 1.807) is 24.3 Å². The van der Waals surface area contributed by atoms with Gasteiger partial charge in [-0.05, 0) is 49.4 Å². The molecule has 0 spiro atoms. The highest BCUT2D eigenvalue weighted by Crippen LogP contribution is 2.32. The van der Waals surface area contributed by atoms with E-state index in [0.29, 0.717) is 24.4 Å². The zero-order valence-corrected chi connectivity index (χ0v) is 16.8. The summed E-state index contributed by atoms with van der Waals surface area (Å²) in [5.41, 5.74) is 3.53. The summed E-state index contributed by atoms with van der Waals surface area (Å²) in [4.78, 5) is 15.2. The highest BCUT2D eigenvalue weighted by molar-refractivity contribution is 7.90. The quantitative estimate of drug-likeness (QED) is 0.863. The Bertz CT molecular complexity index is 1080. The van der Waals surface area contributed by atoms with Crippen molar-refractivity contribution in [3.05, 3.63) is 59.2 Å². The van der Waals surface area contributed by atoms with Gasteiger partial charge in [-0.25, -0.2) is 0 Å². The van der Waals surface area contributed by atoms with Crippen LogP contribution in [0.25, 0.3) is 0 Å². The van der Waals surface area contributed by atoms with Crippen LogP contribution in [0.15, 0.2) is 51.8 Å². The number of nitrogens with one attached hydrogen (secondary N) is 1. The molecule has 1 N–H and O–H groups in total. The van der Waals surface area contributed by atoms with E-state index in [0.717, 1.165) is 29.7 Å². The van der Waals surface area contributed by atoms with E-state index in [4.69, 9.17) is 0 Å². The van der Waals surface area contributed by atoms with Gasteiger partial charge >= 0.3 is 0 Å². The lowest BCUT2D eigenvalue weighted by molar-refractivity contribution is -0.119. The van der Waals surface area contributed by atoms with E-state index in [1.165, 1.54) is 0 Å². The number of rotatable bonds is 3. The molecule has 0 bridgehead atoms. The van der Waals surface area contributed by atoms with E-state index in [2.05, 4.69) is 16.6 Å². The Hall–Kier alpha value is -2.67. The van der Waals surface area contributed by atoms with Crippen LogP contribution in [0.4, 0.5) is 5.69 Å². The number of benzene rings is 2. The minimum atomic E-state index is -3.70. The number of likely N-dealkylation sites (tertiary alicyclic amines) is 1. The van der Waals surface area contributed by atoms with Crippen LogP contribution in [0.2, 0.25) is 0 Å². The van der Waals surface area contributed by atoms with Gasteiger partial charge in [-0.2, -0.15) is 8.42 Å². The largest absolute Gasteiger partial charge is 0.343 e. The van der Waals surface area contributed by atoms with Crippen molar-refractivity contribution in [1.82, 2.24) is 4.90 Å². The predicted molar refractivity (Wildman–Crippen MR) is 109 cm³/mol. The molecule has 1 saturated heterocycles. The van der Waals surface area contributed by atoms with Gasteiger partial charge in [0, 0.05) is 17.8 Å². The number of aryl methyl sites for hydroxylation is 2. The summed E-state index contributed by atoms with van der Waals surface area (Å²) < 4.78 is 28.8. The molecule has 146 valence electrons. The number of para-hydroxylation sites is 1. The van der Waals surface area contributed by atoms with Gasteiger partial charge in [-0.1, -0.05) is 37.3 Å². The fourth-order valence-electron chi connectivity index (χ4n) is 4.00. The predicted octanol–water partition coefficient (Wildman–Crippen LogP) is 3.11. The maximum atomic E-state index is 13.1. The molecule has 2 aliphatic heterocycles. The van der Waals surface area contributed by atoms with E-state index in [1.807, 2.05) is 30.0 Å². The maximum Gasteiger partial charge on any atom is 0.285 e. The highest BCUT2D eigenvalue weighted by Gasteiger charge is 2.39. The number of amides is 1. The summed E-state index contributed by atoms with van der Waals surface area (Å²) in [7, 11) is -3.70. The minimum Gasteiger partial charge on any atom is -0.343 e. The Morgan fingerprint density at radius 1 is 1.21 bits per heavy atom. The van der Waals surface area contributed by atoms with Gasteiger partial charge in [-0.3, -0.25) is 4.79 Å². The maximum absolute atomic E-state index is 13.1. The zero-order chi connectivity index (χ0) is 19.9. The molecular weight excluding hydrogens is 374 g/mol. The Morgan fingerprint density at radius 3 is 2.79 bits per heavy atom. The molecule has 1 fully saturated rings. The molecule has 6 nitrogen and oxygen atoms in total. The van der Waals surface area contributed by atoms with Gasteiger partial charge in [0.05, 0.1) is 0 Å². The van der Waals surface area contributed by atoms with Crippen LogP contribution in [-0.4, -0.2) is 37.6 Å². The molecule has 2 aromatic rings. The summed E-state index contributed by atoms with van der Waals surface area (Å²) in [5.74, 6) is 0.264. The summed E-state index contributed by atoms with van der Waals surface area (Å²) in [5, 5.41) is 3.08. The number of carbonyl (C=O) groups excluding carboxylic acids is 1. The Kier molecular flexibility index (Phi) is 4.71. The first-order valence-corrected chi connectivity index (χ1v) is 11.0. The van der Waals surface area contributed by atoms with Crippen molar-refractivity contribution in [2.24, 2.45) is 4.40 Å². The molecule has 2 heterocycles. The Morgan fingerprint density at radius 2 is 2.00 bits per heavy atom. The monoisotopic (exact) mass is 397 g/mol. The van der Waals surface area contributed by atoms with Crippen LogP contribution >= 0.6 is 0 Å². The second-order valence-electron chi connectivity index (χ2n) is 7.19. The first kappa shape index (κ1) is 18.7. The second kappa shape index (κ2) is 7.05. The molecule has 4 rings (SSSR count). The van der Waals surface area contributed by atoms with E-state index in [-0.39, 0.29) is 10.8 Å². The van der Waals surface area contributed by atoms with Crippen molar-refractivity contribution in [2.45, 2.75) is 44.0 Å². The number of nitrogens with zero attached hydrogens (tertiary/aromatic N) is 2. The van der Waals surface area contributed by atoms with Gasteiger partial charge in [0.25, 0.3) is 10.0 Å². The molecule has 0 saturated carbocycles. The Balaban J connectivity index is 1.65. The number of sulfonamides is 1. The van der Waals surface area contributed by atoms with Crippen LogP contribution in [0.1, 0.15) is 36.5 Å². The molecule has 1 atom stereocenters. The summed E-state index contributed by atoms with van der Waals surface area (Å²) >= 11 is 0. The number of fused-ring (bicyclic) bond motifs is 1. The van der Waals surface area contributed by atoms with Crippen LogP contribution in [0.5, 0.6) is 0 Å². The number of amidine groups is 1. The molecule has 1 amide bonds. The molecule has 0 aromatic heterocycles. The van der Waals surface area contributed by atoms with Gasteiger partial charge in [-0.15, -0.1) is 4.40 Å². The van der Waals surface area contributed by atoms with Gasteiger partial charge in [0.15, 0.2) is 5.84 Å². The van der Waals surface area contributed by atoms with E-state index in [9.17, 15) is 13.2 Å². The number of hydrogen-bond donors (Lipinski definition) is 1. The molecule has 0 aliphatic carbocycles. The average molecular weight is 398 g/mol. The first-order valence-electron chi connectivity index (χ1n) is 9.52. The van der Waals surface area contributed by atoms with Crippen molar-refractivity contribution in [2.75, 3.05) is 11.9 Å². The first-order chi connectivity index (χ1) is 13.4. The van der Waals surface area contributed by atoms with Gasteiger partial charge < -0.3 is 10.2 Å². The number of hydrogen-bond acceptors (Lipinski definition) is 4. The van der Waals surface area contributed by atoms with Crippen molar-refractivity contribution in [3.8, 4) is 0 Å². The molecule has 2 aromatic carbocycles. The SMILES string of the molecule is CCc1cccc(C)c1NC(=O)[C@@H]1CCCN1C1=NS(=O)(=O)c2ccccc21. The lowest BCUT2D eigenvalue weighted by Gasteiger charge is -2.26. The fraction of sp³-hybridized carbons (Fsp3) is 0.333. The minimum absolute atomic E-state index is 0.119. The third-order valence-corrected chi connectivity index (χ3v) is 6.75. The van der Waals surface area contributed by atoms with Crippen molar-refractivity contribution >= 4 is 27.5 Å². The van der Waals surface area contributed by atoms with Gasteiger partial charge in [0.2, 0.25) is 5.91 Å². The molecule has 0 radical (unpaired) electrons. The van der Waals surface area contributed by atoms with Gasteiger partial charge in [0.1, 0.15) is 10.9 Å². The molecule has 7 heteroatoms. The molecule has 0 unspecified atom stereocenters. The third-order valence-electron chi connectivity index (χ3n) is 5.43. The standard InChI is InChI=1S/C21H23N3O3S/c1-3-15-9-6-8-14(2)19(15)22-21(25)17-11-7-13-24(17)20-16-10-4-5-12-18(16)28(26,27)23-20/h4-6,8-10,12,17H,3,7,11,13H2,1-2H3,(H,22,25)/t17-/m0/s1. The number of carbonyl (C=O) groups is 1. The highest BCUT2D eigenvalue weighted by atomic mass is 32.2. The van der Waals surface area contributed by atoms with Crippen molar-refractivity contribution in [1.29, 1.82) is 0 Å². The number of anilines is 1. The summed E-state index contributed by atoms with van der Waals surface area (Å²) in [6, 6.07) is 12.3. The lowest BCUT2D eigenvalue weighted by atomic mass is 10.0. The van der Waals surface area contributed by atoms with Crippen molar-refractivity contribution in [3.63, 3.8) is 0 Å². The van der Waals surface area contributed by atoms with E-state index < -0.39 is 16.1 Å². The summed E-state index contributed by atoms with van der Waals surface area (Å²) in [6.07, 6.45) is 2.30. The third kappa shape index (κ3) is 3.09. The normalized spacial score (nSPS) is 20.0. The molecule has 2 aliphatic rings. The van der Waals surface area contributed by atoms with Crippen molar-refractivity contribution < 1.29 is 13.2 Å². The fourth-order valence-corrected chi connectivity index (χ4v) is 5.21. The van der Waals surface area contributed by atoms with E-state index >= 15 is 0 Å². The molecular formula is C21H23N3O3S. The lowest BCUT2D eigenvalue weighted by Crippen LogP contribution is -2.43. The zero-order valence-electron chi connectivity index (χ0n) is 16.0. The Labute approximate surface area is 165 Å². The smallest absolute Gasteiger partial charge is 0.285 e. The summed E-state index contributed by atoms with van der Waals surface area (Å²) in [6.45, 7) is 4.64. The average Bonchev–Trinajstić information content (AvgIpc) is 3.26. The van der Waals surface area contributed by atoms with Crippen LogP contribution < -0.4 is 5.32 Å². The molecule has 28 heavy (non-hydrogen) atoms.